The van der Waals surface area contributed by atoms with Gasteiger partial charge in [-0.3, -0.25) is 4.79 Å². The van der Waals surface area contributed by atoms with E-state index in [2.05, 4.69) is 28.1 Å². The van der Waals surface area contributed by atoms with E-state index < -0.39 is 0 Å². The Hall–Kier alpha value is -0.370. The zero-order valence-corrected chi connectivity index (χ0v) is 6.97. The van der Waals surface area contributed by atoms with Crippen molar-refractivity contribution in [3.05, 3.63) is 22.2 Å². The average Bonchev–Trinajstić information content (AvgIpc) is 2.44. The molecule has 2 bridgehead atoms. The number of carbonyl (C=O) groups is 1. The minimum Gasteiger partial charge on any atom is -0.298 e. The second-order valence-corrected chi connectivity index (χ2v) is 3.70. The van der Waals surface area contributed by atoms with E-state index in [1.165, 1.54) is 4.48 Å². The highest BCUT2D eigenvalue weighted by Crippen LogP contribution is 2.44. The van der Waals surface area contributed by atoms with Gasteiger partial charge in [0.1, 0.15) is 6.29 Å². The number of halogens is 1. The predicted octanol–water partition coefficient (Wildman–Crippen LogP) is 2.04. The van der Waals surface area contributed by atoms with Crippen LogP contribution in [0.1, 0.15) is 6.42 Å². The van der Waals surface area contributed by atoms with Gasteiger partial charge in [-0.1, -0.05) is 28.1 Å². The molecule has 0 aromatic rings. The maximum Gasteiger partial charge on any atom is 0.146 e. The summed E-state index contributed by atoms with van der Waals surface area (Å²) < 4.78 is 1.25. The van der Waals surface area contributed by atoms with Gasteiger partial charge < -0.3 is 0 Å². The van der Waals surface area contributed by atoms with E-state index in [1.807, 2.05) is 0 Å². The fraction of sp³-hybridized carbons (Fsp3) is 0.375. The first kappa shape index (κ1) is 6.35. The number of allylic oxidation sites excluding steroid dienone is 4. The molecule has 52 valence electrons. The molecule has 2 aliphatic carbocycles. The van der Waals surface area contributed by atoms with Crippen LogP contribution in [0, 0.1) is 11.8 Å². The molecular formula is C8H7BrO. The topological polar surface area (TPSA) is 17.1 Å². The second-order valence-electron chi connectivity index (χ2n) is 2.78. The number of hydrogen-bond acceptors (Lipinski definition) is 1. The third-order valence-corrected chi connectivity index (χ3v) is 3.03. The summed E-state index contributed by atoms with van der Waals surface area (Å²) in [5.41, 5.74) is 0.966. The molecule has 0 N–H and O–H groups in total. The summed E-state index contributed by atoms with van der Waals surface area (Å²) in [6, 6.07) is 0. The molecule has 0 amide bonds. The maximum absolute atomic E-state index is 10.4. The minimum atomic E-state index is 0.414. The van der Waals surface area contributed by atoms with Crippen molar-refractivity contribution in [3.63, 3.8) is 0 Å². The Bertz CT molecular complexity index is 240. The molecule has 0 saturated heterocycles. The highest BCUT2D eigenvalue weighted by molar-refractivity contribution is 9.11. The summed E-state index contributed by atoms with van der Waals surface area (Å²) >= 11 is 3.45. The van der Waals surface area contributed by atoms with Crippen LogP contribution in [0.3, 0.4) is 0 Å². The van der Waals surface area contributed by atoms with Crippen molar-refractivity contribution in [2.24, 2.45) is 11.8 Å². The van der Waals surface area contributed by atoms with Crippen LogP contribution in [0.4, 0.5) is 0 Å². The van der Waals surface area contributed by atoms with E-state index in [4.69, 9.17) is 0 Å². The van der Waals surface area contributed by atoms with Gasteiger partial charge in [-0.15, -0.1) is 0 Å². The molecule has 2 atom stereocenters. The van der Waals surface area contributed by atoms with Crippen molar-refractivity contribution in [2.75, 3.05) is 0 Å². The van der Waals surface area contributed by atoms with E-state index in [0.717, 1.165) is 18.3 Å². The maximum atomic E-state index is 10.4. The van der Waals surface area contributed by atoms with Crippen LogP contribution in [0.2, 0.25) is 0 Å². The number of aldehydes is 1. The minimum absolute atomic E-state index is 0.414. The van der Waals surface area contributed by atoms with Crippen LogP contribution in [0.15, 0.2) is 22.2 Å². The molecule has 0 unspecified atom stereocenters. The molecule has 0 saturated carbocycles. The number of fused-ring (bicyclic) bond motifs is 2. The molecule has 0 spiro atoms. The van der Waals surface area contributed by atoms with Crippen LogP contribution in [0.25, 0.3) is 0 Å². The van der Waals surface area contributed by atoms with Gasteiger partial charge in [-0.2, -0.15) is 0 Å². The van der Waals surface area contributed by atoms with E-state index >= 15 is 0 Å². The molecule has 2 rings (SSSR count). The first-order valence-corrected chi connectivity index (χ1v) is 4.14. The lowest BCUT2D eigenvalue weighted by atomic mass is 10.1. The van der Waals surface area contributed by atoms with Gasteiger partial charge in [0, 0.05) is 11.8 Å². The van der Waals surface area contributed by atoms with Gasteiger partial charge in [0.15, 0.2) is 0 Å². The Morgan fingerprint density at radius 1 is 1.50 bits per heavy atom. The molecule has 0 radical (unpaired) electrons. The van der Waals surface area contributed by atoms with E-state index in [9.17, 15) is 4.79 Å². The molecule has 2 heteroatoms. The van der Waals surface area contributed by atoms with Crippen molar-refractivity contribution >= 4 is 22.2 Å². The fourth-order valence-corrected chi connectivity index (χ4v) is 2.27. The van der Waals surface area contributed by atoms with Crippen LogP contribution in [-0.2, 0) is 4.79 Å². The van der Waals surface area contributed by atoms with Gasteiger partial charge in [0.2, 0.25) is 0 Å². The zero-order chi connectivity index (χ0) is 7.14. The molecular weight excluding hydrogens is 192 g/mol. The monoisotopic (exact) mass is 198 g/mol. The first-order valence-electron chi connectivity index (χ1n) is 3.35. The first-order chi connectivity index (χ1) is 4.81. The van der Waals surface area contributed by atoms with E-state index in [1.54, 1.807) is 0 Å². The summed E-state index contributed by atoms with van der Waals surface area (Å²) in [5.74, 6) is 0.919. The lowest BCUT2D eigenvalue weighted by Gasteiger charge is -2.01. The standard InChI is InChI=1S/C8H7BrO/c9-8-3-5-1-6(8)2-7(5)4-10/h2-6H,1H2/t5-,6-/m1/s1. The van der Waals surface area contributed by atoms with Gasteiger partial charge in [-0.25, -0.2) is 0 Å². The second kappa shape index (κ2) is 2.06. The molecule has 0 heterocycles. The third-order valence-electron chi connectivity index (χ3n) is 2.18. The smallest absolute Gasteiger partial charge is 0.146 e. The average molecular weight is 199 g/mol. The fourth-order valence-electron chi connectivity index (χ4n) is 1.63. The zero-order valence-electron chi connectivity index (χ0n) is 5.38. The molecule has 2 aliphatic rings. The quantitative estimate of drug-likeness (QED) is 0.590. The van der Waals surface area contributed by atoms with E-state index in [-0.39, 0.29) is 0 Å². The Morgan fingerprint density at radius 3 is 2.70 bits per heavy atom. The summed E-state index contributed by atoms with van der Waals surface area (Å²) in [7, 11) is 0. The molecule has 10 heavy (non-hydrogen) atoms. The van der Waals surface area contributed by atoms with Gasteiger partial charge in [-0.05, 0) is 16.5 Å². The third kappa shape index (κ3) is 0.717. The summed E-state index contributed by atoms with van der Waals surface area (Å²) in [4.78, 5) is 10.4. The van der Waals surface area contributed by atoms with Gasteiger partial charge >= 0.3 is 0 Å². The Morgan fingerprint density at radius 2 is 2.30 bits per heavy atom. The lowest BCUT2D eigenvalue weighted by molar-refractivity contribution is -0.105. The van der Waals surface area contributed by atoms with Crippen molar-refractivity contribution in [1.29, 1.82) is 0 Å². The lowest BCUT2D eigenvalue weighted by Crippen LogP contribution is -1.93. The number of rotatable bonds is 1. The van der Waals surface area contributed by atoms with Crippen molar-refractivity contribution in [2.45, 2.75) is 6.42 Å². The van der Waals surface area contributed by atoms with Crippen LogP contribution < -0.4 is 0 Å². The highest BCUT2D eigenvalue weighted by atomic mass is 79.9. The summed E-state index contributed by atoms with van der Waals surface area (Å²) in [5, 5.41) is 0. The Labute approximate surface area is 67.9 Å². The van der Waals surface area contributed by atoms with Crippen molar-refractivity contribution in [3.8, 4) is 0 Å². The molecule has 0 aromatic carbocycles. The van der Waals surface area contributed by atoms with Gasteiger partial charge in [0.25, 0.3) is 0 Å². The van der Waals surface area contributed by atoms with Gasteiger partial charge in [0.05, 0.1) is 0 Å². The molecule has 0 aliphatic heterocycles. The predicted molar refractivity (Wildman–Crippen MR) is 42.8 cm³/mol. The molecule has 0 fully saturated rings. The number of carbonyl (C=O) groups excluding carboxylic acids is 1. The summed E-state index contributed by atoms with van der Waals surface area (Å²) in [6.07, 6.45) is 6.27. The van der Waals surface area contributed by atoms with Crippen LogP contribution >= 0.6 is 15.9 Å². The normalized spacial score (nSPS) is 35.7. The largest absolute Gasteiger partial charge is 0.298 e. The van der Waals surface area contributed by atoms with Crippen molar-refractivity contribution in [1.82, 2.24) is 0 Å². The summed E-state index contributed by atoms with van der Waals surface area (Å²) in [6.45, 7) is 0. The molecule has 1 nitrogen and oxygen atoms in total. The van der Waals surface area contributed by atoms with Crippen LogP contribution in [-0.4, -0.2) is 6.29 Å². The number of hydrogen-bond donors (Lipinski definition) is 0. The Balaban J connectivity index is 2.31. The van der Waals surface area contributed by atoms with Crippen molar-refractivity contribution < 1.29 is 4.79 Å². The Kier molecular flexibility index (Phi) is 1.31. The van der Waals surface area contributed by atoms with Crippen LogP contribution in [0.5, 0.6) is 0 Å². The SMILES string of the molecule is O=CC1=C[C@H]2C[C@@H]1C=C2Br. The van der Waals surface area contributed by atoms with E-state index in [0.29, 0.717) is 11.8 Å². The highest BCUT2D eigenvalue weighted by Gasteiger charge is 2.32. The molecule has 0 aromatic heterocycles.